The molecule has 0 spiro atoms. The Morgan fingerprint density at radius 2 is 1.80 bits per heavy atom. The van der Waals surface area contributed by atoms with Gasteiger partial charge in [-0.3, -0.25) is 14.5 Å². The highest BCUT2D eigenvalue weighted by atomic mass is 16.2. The van der Waals surface area contributed by atoms with Gasteiger partial charge in [0.2, 0.25) is 0 Å². The van der Waals surface area contributed by atoms with Crippen molar-refractivity contribution in [3.63, 3.8) is 0 Å². The van der Waals surface area contributed by atoms with Gasteiger partial charge in [-0.25, -0.2) is 0 Å². The van der Waals surface area contributed by atoms with Crippen molar-refractivity contribution in [2.75, 3.05) is 20.1 Å². The van der Waals surface area contributed by atoms with E-state index in [2.05, 4.69) is 26.9 Å². The molecule has 2 atom stereocenters. The normalized spacial score (nSPS) is 24.2. The maximum atomic E-state index is 13.4. The topological polar surface area (TPSA) is 54.3 Å². The average Bonchev–Trinajstić information content (AvgIpc) is 3.34. The van der Waals surface area contributed by atoms with Crippen LogP contribution in [0.1, 0.15) is 36.0 Å². The van der Waals surface area contributed by atoms with Crippen LogP contribution in [0.2, 0.25) is 0 Å². The first kappa shape index (κ1) is 16.3. The number of carbonyl (C=O) groups is 1. The zero-order valence-corrected chi connectivity index (χ0v) is 14.9. The standard InChI is InChI=1S/C19H25N5O/c1-22-11-3-5-16(22)17-6-4-12-24(17)19(25)15-13-23(2)21-18(15)14-7-9-20-10-8-14/h7-10,13,16-17H,3-6,11-12H2,1-2H3. The van der Waals surface area contributed by atoms with Crippen molar-refractivity contribution in [1.29, 1.82) is 0 Å². The molecule has 2 aliphatic heterocycles. The number of likely N-dealkylation sites (N-methyl/N-ethyl adjacent to an activating group) is 1. The number of aryl methyl sites for hydroxylation is 1. The Labute approximate surface area is 148 Å². The lowest BCUT2D eigenvalue weighted by Crippen LogP contribution is -2.47. The van der Waals surface area contributed by atoms with E-state index in [1.165, 1.54) is 12.8 Å². The van der Waals surface area contributed by atoms with Crippen LogP contribution in [0, 0.1) is 0 Å². The van der Waals surface area contributed by atoms with Gasteiger partial charge >= 0.3 is 0 Å². The zero-order valence-electron chi connectivity index (χ0n) is 14.9. The number of rotatable bonds is 3. The van der Waals surface area contributed by atoms with Crippen molar-refractivity contribution in [3.05, 3.63) is 36.3 Å². The van der Waals surface area contributed by atoms with Crippen LogP contribution in [0.4, 0.5) is 0 Å². The summed E-state index contributed by atoms with van der Waals surface area (Å²) in [5.41, 5.74) is 2.38. The largest absolute Gasteiger partial charge is 0.334 e. The summed E-state index contributed by atoms with van der Waals surface area (Å²) >= 11 is 0. The molecule has 1 amide bonds. The number of carbonyl (C=O) groups excluding carboxylic acids is 1. The van der Waals surface area contributed by atoms with Gasteiger partial charge in [-0.15, -0.1) is 0 Å². The smallest absolute Gasteiger partial charge is 0.258 e. The van der Waals surface area contributed by atoms with Gasteiger partial charge in [0.15, 0.2) is 0 Å². The van der Waals surface area contributed by atoms with E-state index in [0.717, 1.165) is 37.2 Å². The van der Waals surface area contributed by atoms with Crippen molar-refractivity contribution in [2.24, 2.45) is 7.05 Å². The zero-order chi connectivity index (χ0) is 17.4. The van der Waals surface area contributed by atoms with Gasteiger partial charge in [0.25, 0.3) is 5.91 Å². The molecule has 0 aromatic carbocycles. The van der Waals surface area contributed by atoms with Crippen molar-refractivity contribution < 1.29 is 4.79 Å². The second kappa shape index (κ2) is 6.59. The molecular formula is C19H25N5O. The van der Waals surface area contributed by atoms with Gasteiger partial charge < -0.3 is 9.80 Å². The molecule has 2 fully saturated rings. The first-order valence-electron chi connectivity index (χ1n) is 9.10. The number of amides is 1. The van der Waals surface area contributed by atoms with Crippen LogP contribution >= 0.6 is 0 Å². The van der Waals surface area contributed by atoms with Crippen LogP contribution in [0.15, 0.2) is 30.7 Å². The molecule has 132 valence electrons. The van der Waals surface area contributed by atoms with E-state index in [1.807, 2.05) is 25.4 Å². The molecule has 25 heavy (non-hydrogen) atoms. The highest BCUT2D eigenvalue weighted by Crippen LogP contribution is 2.31. The fraction of sp³-hybridized carbons (Fsp3) is 0.526. The molecule has 0 N–H and O–H groups in total. The summed E-state index contributed by atoms with van der Waals surface area (Å²) in [5.74, 6) is 0.114. The molecule has 2 aliphatic rings. The fourth-order valence-corrected chi connectivity index (χ4v) is 4.39. The lowest BCUT2D eigenvalue weighted by atomic mass is 10.0. The third-order valence-corrected chi connectivity index (χ3v) is 5.59. The monoisotopic (exact) mass is 339 g/mol. The minimum absolute atomic E-state index is 0.114. The van der Waals surface area contributed by atoms with Crippen LogP contribution in [-0.2, 0) is 7.05 Å². The number of hydrogen-bond donors (Lipinski definition) is 0. The summed E-state index contributed by atoms with van der Waals surface area (Å²) in [6.45, 7) is 1.98. The van der Waals surface area contributed by atoms with E-state index in [-0.39, 0.29) is 5.91 Å². The predicted octanol–water partition coefficient (Wildman–Crippen LogP) is 2.18. The molecule has 2 unspecified atom stereocenters. The first-order chi connectivity index (χ1) is 12.1. The second-order valence-corrected chi connectivity index (χ2v) is 7.20. The van der Waals surface area contributed by atoms with Gasteiger partial charge in [-0.2, -0.15) is 5.10 Å². The Morgan fingerprint density at radius 3 is 2.52 bits per heavy atom. The third kappa shape index (κ3) is 2.95. The second-order valence-electron chi connectivity index (χ2n) is 7.20. The first-order valence-corrected chi connectivity index (χ1v) is 9.10. The third-order valence-electron chi connectivity index (χ3n) is 5.59. The Balaban J connectivity index is 1.65. The van der Waals surface area contributed by atoms with Gasteiger partial charge in [0, 0.05) is 49.8 Å². The molecule has 2 aromatic heterocycles. The molecule has 0 radical (unpaired) electrons. The minimum Gasteiger partial charge on any atom is -0.334 e. The quantitative estimate of drug-likeness (QED) is 0.860. The molecule has 2 aromatic rings. The Hall–Kier alpha value is -2.21. The summed E-state index contributed by atoms with van der Waals surface area (Å²) in [6.07, 6.45) is 9.95. The van der Waals surface area contributed by atoms with Crippen LogP contribution in [0.5, 0.6) is 0 Å². The van der Waals surface area contributed by atoms with Gasteiger partial charge in [0.05, 0.1) is 5.56 Å². The number of hydrogen-bond acceptors (Lipinski definition) is 4. The van der Waals surface area contributed by atoms with E-state index in [4.69, 9.17) is 0 Å². The number of pyridine rings is 1. The van der Waals surface area contributed by atoms with Crippen molar-refractivity contribution in [2.45, 2.75) is 37.8 Å². The van der Waals surface area contributed by atoms with Crippen LogP contribution in [0.3, 0.4) is 0 Å². The average molecular weight is 339 g/mol. The Bertz CT molecular complexity index is 756. The van der Waals surface area contributed by atoms with E-state index in [0.29, 0.717) is 17.6 Å². The molecule has 6 nitrogen and oxygen atoms in total. The summed E-state index contributed by atoms with van der Waals surface area (Å²) in [7, 11) is 4.05. The van der Waals surface area contributed by atoms with Crippen molar-refractivity contribution >= 4 is 5.91 Å². The molecule has 6 heteroatoms. The molecule has 2 saturated heterocycles. The molecule has 0 saturated carbocycles. The maximum Gasteiger partial charge on any atom is 0.258 e. The van der Waals surface area contributed by atoms with Gasteiger partial charge in [-0.05, 0) is 51.4 Å². The Kier molecular flexibility index (Phi) is 4.29. The molecule has 4 rings (SSSR count). The summed E-state index contributed by atoms with van der Waals surface area (Å²) in [6, 6.07) is 4.63. The summed E-state index contributed by atoms with van der Waals surface area (Å²) < 4.78 is 1.73. The summed E-state index contributed by atoms with van der Waals surface area (Å²) in [4.78, 5) is 21.9. The predicted molar refractivity (Wildman–Crippen MR) is 96.1 cm³/mol. The number of likely N-dealkylation sites (tertiary alicyclic amines) is 2. The molecular weight excluding hydrogens is 314 g/mol. The van der Waals surface area contributed by atoms with E-state index < -0.39 is 0 Å². The number of nitrogens with zero attached hydrogens (tertiary/aromatic N) is 5. The van der Waals surface area contributed by atoms with Crippen molar-refractivity contribution in [1.82, 2.24) is 24.6 Å². The van der Waals surface area contributed by atoms with E-state index >= 15 is 0 Å². The molecule has 0 aliphatic carbocycles. The Morgan fingerprint density at radius 1 is 1.08 bits per heavy atom. The van der Waals surface area contributed by atoms with E-state index in [1.54, 1.807) is 17.1 Å². The van der Waals surface area contributed by atoms with Crippen molar-refractivity contribution in [3.8, 4) is 11.3 Å². The SMILES string of the molecule is CN1CCCC1C1CCCN1C(=O)c1cn(C)nc1-c1ccncc1. The lowest BCUT2D eigenvalue weighted by molar-refractivity contribution is 0.0665. The van der Waals surface area contributed by atoms with Crippen LogP contribution in [0.25, 0.3) is 11.3 Å². The maximum absolute atomic E-state index is 13.4. The molecule has 0 bridgehead atoms. The molecule has 4 heterocycles. The van der Waals surface area contributed by atoms with Crippen LogP contribution in [-0.4, -0.2) is 62.7 Å². The lowest BCUT2D eigenvalue weighted by Gasteiger charge is -2.33. The summed E-state index contributed by atoms with van der Waals surface area (Å²) in [5, 5.41) is 4.54. The van der Waals surface area contributed by atoms with Gasteiger partial charge in [0.1, 0.15) is 5.69 Å². The van der Waals surface area contributed by atoms with Crippen LogP contribution < -0.4 is 0 Å². The highest BCUT2D eigenvalue weighted by molar-refractivity contribution is 6.00. The van der Waals surface area contributed by atoms with Gasteiger partial charge in [-0.1, -0.05) is 0 Å². The fourth-order valence-electron chi connectivity index (χ4n) is 4.39. The number of aromatic nitrogens is 3. The highest BCUT2D eigenvalue weighted by Gasteiger charge is 2.39. The minimum atomic E-state index is 0.114. The van der Waals surface area contributed by atoms with E-state index in [9.17, 15) is 4.79 Å².